The summed E-state index contributed by atoms with van der Waals surface area (Å²) in [6, 6.07) is 0. The Hall–Kier alpha value is -0.770. The second-order valence-corrected chi connectivity index (χ2v) is 3.14. The summed E-state index contributed by atoms with van der Waals surface area (Å²) in [5, 5.41) is 3.04. The SMILES string of the molecule is CCNC(=NCCC1CC1)NN. The lowest BCUT2D eigenvalue weighted by Crippen LogP contribution is -2.41. The van der Waals surface area contributed by atoms with Gasteiger partial charge in [0.1, 0.15) is 0 Å². The summed E-state index contributed by atoms with van der Waals surface area (Å²) < 4.78 is 0. The van der Waals surface area contributed by atoms with Gasteiger partial charge in [-0.3, -0.25) is 10.4 Å². The van der Waals surface area contributed by atoms with Crippen molar-refractivity contribution in [3.05, 3.63) is 0 Å². The number of nitrogens with two attached hydrogens (primary N) is 1. The Balaban J connectivity index is 2.10. The number of guanidine groups is 1. The van der Waals surface area contributed by atoms with Gasteiger partial charge >= 0.3 is 0 Å². The first kappa shape index (κ1) is 9.32. The molecule has 0 aliphatic heterocycles. The molecule has 1 saturated carbocycles. The molecule has 4 nitrogen and oxygen atoms in total. The van der Waals surface area contributed by atoms with Crippen LogP contribution >= 0.6 is 0 Å². The van der Waals surface area contributed by atoms with Crippen molar-refractivity contribution >= 4 is 5.96 Å². The van der Waals surface area contributed by atoms with Gasteiger partial charge < -0.3 is 5.32 Å². The summed E-state index contributed by atoms with van der Waals surface area (Å²) in [5.41, 5.74) is 2.54. The van der Waals surface area contributed by atoms with Gasteiger partial charge in [0, 0.05) is 13.1 Å². The second-order valence-electron chi connectivity index (χ2n) is 3.14. The number of aliphatic imine (C=N–C) groups is 1. The van der Waals surface area contributed by atoms with Crippen molar-refractivity contribution in [2.75, 3.05) is 13.1 Å². The minimum Gasteiger partial charge on any atom is -0.356 e. The van der Waals surface area contributed by atoms with Crippen molar-refractivity contribution in [3.8, 4) is 0 Å². The quantitative estimate of drug-likeness (QED) is 0.245. The number of nitrogens with zero attached hydrogens (tertiary/aromatic N) is 1. The molecule has 1 aliphatic rings. The maximum atomic E-state index is 5.25. The van der Waals surface area contributed by atoms with Crippen LogP contribution < -0.4 is 16.6 Å². The van der Waals surface area contributed by atoms with Crippen LogP contribution in [0.4, 0.5) is 0 Å². The highest BCUT2D eigenvalue weighted by atomic mass is 15.3. The first-order valence-electron chi connectivity index (χ1n) is 4.61. The molecule has 0 unspecified atom stereocenters. The van der Waals surface area contributed by atoms with E-state index in [1.54, 1.807) is 0 Å². The first-order chi connectivity index (χ1) is 5.86. The maximum Gasteiger partial charge on any atom is 0.205 e. The van der Waals surface area contributed by atoms with Crippen LogP contribution in [0.15, 0.2) is 4.99 Å². The largest absolute Gasteiger partial charge is 0.356 e. The number of hydrogen-bond donors (Lipinski definition) is 3. The van der Waals surface area contributed by atoms with Gasteiger partial charge in [-0.05, 0) is 19.3 Å². The van der Waals surface area contributed by atoms with Crippen LogP contribution in [0.5, 0.6) is 0 Å². The average Bonchev–Trinajstić information content (AvgIpc) is 2.87. The van der Waals surface area contributed by atoms with Gasteiger partial charge in [0.2, 0.25) is 5.96 Å². The molecule has 4 N–H and O–H groups in total. The molecule has 0 aromatic rings. The van der Waals surface area contributed by atoms with E-state index in [0.717, 1.165) is 19.0 Å². The third kappa shape index (κ3) is 3.57. The van der Waals surface area contributed by atoms with Crippen LogP contribution in [0.3, 0.4) is 0 Å². The molecule has 0 aromatic carbocycles. The fraction of sp³-hybridized carbons (Fsp3) is 0.875. The number of hydrogen-bond acceptors (Lipinski definition) is 2. The molecule has 12 heavy (non-hydrogen) atoms. The predicted molar refractivity (Wildman–Crippen MR) is 50.6 cm³/mol. The highest BCUT2D eigenvalue weighted by Crippen LogP contribution is 2.31. The fourth-order valence-electron chi connectivity index (χ4n) is 1.09. The topological polar surface area (TPSA) is 62.4 Å². The summed E-state index contributed by atoms with van der Waals surface area (Å²) in [6.07, 6.45) is 3.99. The summed E-state index contributed by atoms with van der Waals surface area (Å²) in [7, 11) is 0. The Morgan fingerprint density at radius 1 is 1.58 bits per heavy atom. The number of nitrogens with one attached hydrogen (secondary N) is 2. The zero-order chi connectivity index (χ0) is 8.81. The number of rotatable bonds is 4. The minimum atomic E-state index is 0.707. The first-order valence-corrected chi connectivity index (χ1v) is 4.61. The van der Waals surface area contributed by atoms with E-state index in [9.17, 15) is 0 Å². The zero-order valence-corrected chi connectivity index (χ0v) is 7.64. The van der Waals surface area contributed by atoms with E-state index in [4.69, 9.17) is 5.84 Å². The van der Waals surface area contributed by atoms with Gasteiger partial charge in [0.25, 0.3) is 0 Å². The number of hydrazine groups is 1. The van der Waals surface area contributed by atoms with E-state index >= 15 is 0 Å². The molecule has 0 atom stereocenters. The molecule has 0 heterocycles. The van der Waals surface area contributed by atoms with Gasteiger partial charge in [-0.25, -0.2) is 5.84 Å². The molecule has 0 aromatic heterocycles. The third-order valence-electron chi connectivity index (χ3n) is 1.99. The van der Waals surface area contributed by atoms with Crippen molar-refractivity contribution in [1.82, 2.24) is 10.7 Å². The Bertz CT molecular complexity index is 151. The molecule has 1 aliphatic carbocycles. The van der Waals surface area contributed by atoms with Crippen molar-refractivity contribution in [2.45, 2.75) is 26.2 Å². The molecule has 70 valence electrons. The molecular formula is C8H18N4. The van der Waals surface area contributed by atoms with Crippen LogP contribution in [0.2, 0.25) is 0 Å². The van der Waals surface area contributed by atoms with Crippen LogP contribution in [-0.2, 0) is 0 Å². The van der Waals surface area contributed by atoms with E-state index in [-0.39, 0.29) is 0 Å². The van der Waals surface area contributed by atoms with Gasteiger partial charge in [-0.2, -0.15) is 0 Å². The lowest BCUT2D eigenvalue weighted by Gasteiger charge is -2.05. The summed E-state index contributed by atoms with van der Waals surface area (Å²) in [5.74, 6) is 6.89. The minimum absolute atomic E-state index is 0.707. The lowest BCUT2D eigenvalue weighted by atomic mass is 10.3. The average molecular weight is 170 g/mol. The van der Waals surface area contributed by atoms with Crippen molar-refractivity contribution in [2.24, 2.45) is 16.8 Å². The van der Waals surface area contributed by atoms with E-state index in [1.165, 1.54) is 19.3 Å². The highest BCUT2D eigenvalue weighted by Gasteiger charge is 2.19. The smallest absolute Gasteiger partial charge is 0.205 e. The third-order valence-corrected chi connectivity index (χ3v) is 1.99. The van der Waals surface area contributed by atoms with Gasteiger partial charge in [-0.15, -0.1) is 0 Å². The lowest BCUT2D eigenvalue weighted by molar-refractivity contribution is 0.728. The zero-order valence-electron chi connectivity index (χ0n) is 7.64. The Kier molecular flexibility index (Phi) is 3.87. The molecule has 0 bridgehead atoms. The Morgan fingerprint density at radius 2 is 2.33 bits per heavy atom. The summed E-state index contributed by atoms with van der Waals surface area (Å²) in [4.78, 5) is 4.28. The molecule has 0 spiro atoms. The van der Waals surface area contributed by atoms with E-state index in [0.29, 0.717) is 5.96 Å². The standard InChI is InChI=1S/C8H18N4/c1-2-10-8(12-9)11-6-5-7-3-4-7/h7H,2-6,9H2,1H3,(H2,10,11,12). The van der Waals surface area contributed by atoms with E-state index < -0.39 is 0 Å². The van der Waals surface area contributed by atoms with Crippen LogP contribution in [-0.4, -0.2) is 19.0 Å². The molecule has 4 heteroatoms. The Morgan fingerprint density at radius 3 is 2.83 bits per heavy atom. The molecule has 1 fully saturated rings. The normalized spacial score (nSPS) is 17.7. The molecular weight excluding hydrogens is 152 g/mol. The highest BCUT2D eigenvalue weighted by molar-refractivity contribution is 5.78. The van der Waals surface area contributed by atoms with Crippen molar-refractivity contribution < 1.29 is 0 Å². The van der Waals surface area contributed by atoms with Gasteiger partial charge in [-0.1, -0.05) is 12.8 Å². The van der Waals surface area contributed by atoms with Crippen molar-refractivity contribution in [1.29, 1.82) is 0 Å². The maximum absolute atomic E-state index is 5.25. The second kappa shape index (κ2) is 4.98. The van der Waals surface area contributed by atoms with Crippen LogP contribution in [0.1, 0.15) is 26.2 Å². The van der Waals surface area contributed by atoms with Crippen molar-refractivity contribution in [3.63, 3.8) is 0 Å². The monoisotopic (exact) mass is 170 g/mol. The predicted octanol–water partition coefficient (Wildman–Crippen LogP) is 0.215. The molecule has 0 radical (unpaired) electrons. The molecule has 0 saturated heterocycles. The van der Waals surface area contributed by atoms with Gasteiger partial charge in [0.05, 0.1) is 0 Å². The van der Waals surface area contributed by atoms with Gasteiger partial charge in [0.15, 0.2) is 0 Å². The molecule has 0 amide bonds. The summed E-state index contributed by atoms with van der Waals surface area (Å²) in [6.45, 7) is 3.76. The van der Waals surface area contributed by atoms with E-state index in [2.05, 4.69) is 15.7 Å². The molecule has 1 rings (SSSR count). The van der Waals surface area contributed by atoms with Crippen LogP contribution in [0, 0.1) is 5.92 Å². The van der Waals surface area contributed by atoms with Crippen LogP contribution in [0.25, 0.3) is 0 Å². The fourth-order valence-corrected chi connectivity index (χ4v) is 1.09. The summed E-state index contributed by atoms with van der Waals surface area (Å²) >= 11 is 0. The Labute approximate surface area is 73.6 Å². The van der Waals surface area contributed by atoms with E-state index in [1.807, 2.05) is 6.92 Å².